The van der Waals surface area contributed by atoms with Crippen molar-refractivity contribution in [3.8, 4) is 5.75 Å². The number of hydrogen-bond donors (Lipinski definition) is 1. The van der Waals surface area contributed by atoms with Gasteiger partial charge in [-0.25, -0.2) is 0 Å². The molecule has 2 N–H and O–H groups in total. The second kappa shape index (κ2) is 7.29. The highest BCUT2D eigenvalue weighted by Crippen LogP contribution is 2.25. The third kappa shape index (κ3) is 4.62. The van der Waals surface area contributed by atoms with Crippen LogP contribution in [0.5, 0.6) is 5.75 Å². The highest BCUT2D eigenvalue weighted by atomic mass is 35.5. The molecular weight excluding hydrogens is 288 g/mol. The third-order valence-corrected chi connectivity index (χ3v) is 3.34. The molecule has 0 saturated carbocycles. The first-order chi connectivity index (χ1) is 10.1. The first-order valence-corrected chi connectivity index (χ1v) is 7.26. The molecule has 5 heteroatoms. The van der Waals surface area contributed by atoms with Gasteiger partial charge in [-0.2, -0.15) is 0 Å². The van der Waals surface area contributed by atoms with Crippen molar-refractivity contribution in [1.82, 2.24) is 4.57 Å². The summed E-state index contributed by atoms with van der Waals surface area (Å²) in [5.41, 5.74) is 6.81. The normalized spacial score (nSPS) is 12.1. The van der Waals surface area contributed by atoms with E-state index >= 15 is 0 Å². The second-order valence-corrected chi connectivity index (χ2v) is 5.43. The van der Waals surface area contributed by atoms with E-state index in [1.807, 2.05) is 31.2 Å². The van der Waals surface area contributed by atoms with Crippen molar-refractivity contribution in [2.45, 2.75) is 25.9 Å². The van der Waals surface area contributed by atoms with Gasteiger partial charge in [0, 0.05) is 18.3 Å². The molecule has 1 unspecified atom stereocenters. The monoisotopic (exact) mass is 306 g/mol. The molecule has 2 rings (SSSR count). The number of halogens is 1. The predicted molar refractivity (Wildman–Crippen MR) is 85.0 cm³/mol. The highest BCUT2D eigenvalue weighted by molar-refractivity contribution is 6.32. The summed E-state index contributed by atoms with van der Waals surface area (Å²) in [5, 5.41) is 0.563. The molecular formula is C16H19ClN2O2. The Morgan fingerprint density at radius 1 is 1.33 bits per heavy atom. The molecule has 0 spiro atoms. The highest BCUT2D eigenvalue weighted by Gasteiger charge is 2.05. The number of benzene rings is 1. The van der Waals surface area contributed by atoms with E-state index in [9.17, 15) is 4.79 Å². The van der Waals surface area contributed by atoms with Crippen molar-refractivity contribution in [3.05, 3.63) is 63.5 Å². The lowest BCUT2D eigenvalue weighted by Crippen LogP contribution is -2.21. The zero-order chi connectivity index (χ0) is 15.2. The Bertz CT molecular complexity index is 653. The predicted octanol–water partition coefficient (Wildman–Crippen LogP) is 2.47. The van der Waals surface area contributed by atoms with E-state index < -0.39 is 0 Å². The zero-order valence-electron chi connectivity index (χ0n) is 12.0. The number of nitrogens with zero attached hydrogens (tertiary/aromatic N) is 1. The van der Waals surface area contributed by atoms with Crippen molar-refractivity contribution in [2.24, 2.45) is 5.73 Å². The summed E-state index contributed by atoms with van der Waals surface area (Å²) in [7, 11) is 0. The summed E-state index contributed by atoms with van der Waals surface area (Å²) in [6.45, 7) is 2.82. The molecule has 4 nitrogen and oxygen atoms in total. The van der Waals surface area contributed by atoms with Crippen molar-refractivity contribution in [3.63, 3.8) is 0 Å². The van der Waals surface area contributed by atoms with E-state index in [1.165, 1.54) is 6.07 Å². The van der Waals surface area contributed by atoms with Crippen LogP contribution in [0.4, 0.5) is 0 Å². The molecule has 1 aromatic carbocycles. The molecule has 0 aliphatic rings. The molecule has 0 fully saturated rings. The number of pyridine rings is 1. The van der Waals surface area contributed by atoms with Crippen LogP contribution in [0.2, 0.25) is 5.02 Å². The molecule has 21 heavy (non-hydrogen) atoms. The fraction of sp³-hybridized carbons (Fsp3) is 0.312. The summed E-state index contributed by atoms with van der Waals surface area (Å²) >= 11 is 6.19. The zero-order valence-corrected chi connectivity index (χ0v) is 12.7. The Labute approximate surface area is 129 Å². The number of ether oxygens (including phenoxy) is 1. The van der Waals surface area contributed by atoms with Crippen molar-refractivity contribution >= 4 is 11.6 Å². The number of aromatic nitrogens is 1. The molecule has 2 aromatic rings. The van der Waals surface area contributed by atoms with E-state index in [0.717, 1.165) is 12.0 Å². The Morgan fingerprint density at radius 3 is 2.81 bits per heavy atom. The lowest BCUT2D eigenvalue weighted by Gasteiger charge is -2.11. The molecule has 0 saturated heterocycles. The van der Waals surface area contributed by atoms with Crippen molar-refractivity contribution in [1.29, 1.82) is 0 Å². The Balaban J connectivity index is 1.94. The van der Waals surface area contributed by atoms with Crippen LogP contribution in [0.15, 0.2) is 47.4 Å². The largest absolute Gasteiger partial charge is 0.490 e. The summed E-state index contributed by atoms with van der Waals surface area (Å²) in [5.74, 6) is 0.620. The van der Waals surface area contributed by atoms with Gasteiger partial charge in [0.2, 0.25) is 0 Å². The summed E-state index contributed by atoms with van der Waals surface area (Å²) in [6.07, 6.45) is 2.51. The molecule has 1 atom stereocenters. The smallest absolute Gasteiger partial charge is 0.250 e. The van der Waals surface area contributed by atoms with Gasteiger partial charge in [-0.05, 0) is 37.1 Å². The molecule has 0 amide bonds. The van der Waals surface area contributed by atoms with Crippen LogP contribution in [0.3, 0.4) is 0 Å². The third-order valence-electron chi connectivity index (χ3n) is 3.04. The van der Waals surface area contributed by atoms with Gasteiger partial charge < -0.3 is 15.0 Å². The molecule has 1 aromatic heterocycles. The van der Waals surface area contributed by atoms with Gasteiger partial charge in [-0.1, -0.05) is 23.7 Å². The molecule has 0 bridgehead atoms. The molecule has 0 aliphatic carbocycles. The van der Waals surface area contributed by atoms with Crippen LogP contribution >= 0.6 is 11.6 Å². The van der Waals surface area contributed by atoms with Gasteiger partial charge in [0.05, 0.1) is 11.6 Å². The first-order valence-electron chi connectivity index (χ1n) is 6.88. The van der Waals surface area contributed by atoms with Gasteiger partial charge in [0.15, 0.2) is 0 Å². The minimum atomic E-state index is -0.0421. The van der Waals surface area contributed by atoms with Gasteiger partial charge in [-0.15, -0.1) is 0 Å². The topological polar surface area (TPSA) is 57.2 Å². The maximum Gasteiger partial charge on any atom is 0.250 e. The number of nitrogens with two attached hydrogens (primary N) is 1. The maximum absolute atomic E-state index is 11.5. The Kier molecular flexibility index (Phi) is 5.42. The van der Waals surface area contributed by atoms with Gasteiger partial charge in [0.25, 0.3) is 5.56 Å². The van der Waals surface area contributed by atoms with E-state index in [4.69, 9.17) is 22.1 Å². The van der Waals surface area contributed by atoms with Gasteiger partial charge >= 0.3 is 0 Å². The Morgan fingerprint density at radius 2 is 2.14 bits per heavy atom. The van der Waals surface area contributed by atoms with Crippen LogP contribution in [-0.4, -0.2) is 17.2 Å². The van der Waals surface area contributed by atoms with Gasteiger partial charge in [-0.3, -0.25) is 4.79 Å². The number of rotatable bonds is 6. The van der Waals surface area contributed by atoms with Crippen LogP contribution in [0, 0.1) is 0 Å². The Hall–Kier alpha value is -1.78. The lowest BCUT2D eigenvalue weighted by molar-refractivity contribution is 0.296. The van der Waals surface area contributed by atoms with E-state index in [-0.39, 0.29) is 11.6 Å². The van der Waals surface area contributed by atoms with E-state index in [1.54, 1.807) is 16.8 Å². The van der Waals surface area contributed by atoms with E-state index in [2.05, 4.69) is 0 Å². The van der Waals surface area contributed by atoms with Gasteiger partial charge in [0.1, 0.15) is 12.4 Å². The van der Waals surface area contributed by atoms with Crippen LogP contribution in [0.1, 0.15) is 12.5 Å². The minimum absolute atomic E-state index is 0.0421. The second-order valence-electron chi connectivity index (χ2n) is 5.03. The molecule has 0 aliphatic heterocycles. The van der Waals surface area contributed by atoms with Crippen LogP contribution in [0.25, 0.3) is 0 Å². The quantitative estimate of drug-likeness (QED) is 0.892. The van der Waals surface area contributed by atoms with E-state index in [0.29, 0.717) is 23.9 Å². The average molecular weight is 307 g/mol. The van der Waals surface area contributed by atoms with Crippen LogP contribution < -0.4 is 16.0 Å². The summed E-state index contributed by atoms with van der Waals surface area (Å²) in [4.78, 5) is 11.5. The van der Waals surface area contributed by atoms with Crippen molar-refractivity contribution in [2.75, 3.05) is 6.61 Å². The summed E-state index contributed by atoms with van der Waals surface area (Å²) < 4.78 is 7.23. The fourth-order valence-electron chi connectivity index (χ4n) is 2.06. The summed E-state index contributed by atoms with van der Waals surface area (Å²) in [6, 6.07) is 10.8. The molecule has 0 radical (unpaired) electrons. The fourth-order valence-corrected chi connectivity index (χ4v) is 2.32. The van der Waals surface area contributed by atoms with Crippen LogP contribution in [-0.2, 0) is 13.0 Å². The maximum atomic E-state index is 11.5. The first kappa shape index (κ1) is 15.6. The van der Waals surface area contributed by atoms with Crippen molar-refractivity contribution < 1.29 is 4.74 Å². The molecule has 112 valence electrons. The average Bonchev–Trinajstić information content (AvgIpc) is 2.42. The standard InChI is InChI=1S/C16H19ClN2O2/c1-12(18)10-13-5-6-15(14(17)11-13)21-9-8-19-7-3-2-4-16(19)20/h2-7,11-12H,8-10,18H2,1H3. The SMILES string of the molecule is CC(N)Cc1ccc(OCCn2ccccc2=O)c(Cl)c1. The lowest BCUT2D eigenvalue weighted by atomic mass is 10.1. The number of hydrogen-bond acceptors (Lipinski definition) is 3. The molecule has 1 heterocycles. The minimum Gasteiger partial charge on any atom is -0.490 e.